The van der Waals surface area contributed by atoms with Crippen LogP contribution >= 0.6 is 55.8 Å². The maximum atomic E-state index is 12.2. The van der Waals surface area contributed by atoms with E-state index in [1.807, 2.05) is 6.07 Å². The molecule has 8 heteroatoms. The average molecular weight is 465 g/mol. The summed E-state index contributed by atoms with van der Waals surface area (Å²) < 4.78 is 2.45. The highest BCUT2D eigenvalue weighted by Crippen LogP contribution is 2.25. The summed E-state index contributed by atoms with van der Waals surface area (Å²) in [7, 11) is 0. The van der Waals surface area contributed by atoms with Crippen molar-refractivity contribution in [1.29, 1.82) is 0 Å². The first-order valence-electron chi connectivity index (χ1n) is 6.75. The number of thiocarbonyl (C=S) groups is 1. The summed E-state index contributed by atoms with van der Waals surface area (Å²) in [5.41, 5.74) is 0.521. The first kappa shape index (κ1) is 17.9. The van der Waals surface area contributed by atoms with E-state index >= 15 is 0 Å². The van der Waals surface area contributed by atoms with Gasteiger partial charge in [-0.15, -0.1) is 0 Å². The molecule has 1 heterocycles. The monoisotopic (exact) mass is 463 g/mol. The second kappa shape index (κ2) is 7.90. The number of fused-ring (bicyclic) bond motifs is 1. The topological polar surface area (TPSA) is 49.0 Å². The molecule has 0 amide bonds. The SMILES string of the molecule is CCN(CC)C(=S)SCc1nc2c(Br)cc(Br)cc2c(=O)[nH]1. The standard InChI is InChI=1S/C14H15Br2N3OS2/c1-3-19(4-2)14(21)22-7-11-17-12-9(13(20)18-11)5-8(15)6-10(12)16/h5-6H,3-4,7H2,1-2H3,(H,17,18,20). The molecule has 0 unspecified atom stereocenters. The Balaban J connectivity index is 2.27. The van der Waals surface area contributed by atoms with Crippen molar-refractivity contribution < 1.29 is 0 Å². The summed E-state index contributed by atoms with van der Waals surface area (Å²) in [6.07, 6.45) is 0. The van der Waals surface area contributed by atoms with Gasteiger partial charge in [-0.3, -0.25) is 4.79 Å². The molecule has 0 fully saturated rings. The van der Waals surface area contributed by atoms with Gasteiger partial charge in [0, 0.05) is 22.0 Å². The van der Waals surface area contributed by atoms with Crippen LogP contribution in [0.25, 0.3) is 10.9 Å². The molecule has 1 N–H and O–H groups in total. The van der Waals surface area contributed by atoms with E-state index in [-0.39, 0.29) is 5.56 Å². The molecule has 0 saturated carbocycles. The molecule has 0 aliphatic rings. The van der Waals surface area contributed by atoms with Crippen LogP contribution in [0.4, 0.5) is 0 Å². The van der Waals surface area contributed by atoms with Crippen LogP contribution in [0.15, 0.2) is 25.9 Å². The van der Waals surface area contributed by atoms with E-state index in [2.05, 4.69) is 60.6 Å². The first-order valence-corrected chi connectivity index (χ1v) is 9.73. The van der Waals surface area contributed by atoms with Crippen molar-refractivity contribution in [2.75, 3.05) is 13.1 Å². The quantitative estimate of drug-likeness (QED) is 0.683. The number of nitrogens with one attached hydrogen (secondary N) is 1. The summed E-state index contributed by atoms with van der Waals surface area (Å²) in [4.78, 5) is 21.7. The third kappa shape index (κ3) is 4.10. The number of thioether (sulfide) groups is 1. The zero-order valence-corrected chi connectivity index (χ0v) is 17.0. The van der Waals surface area contributed by atoms with Crippen molar-refractivity contribution in [3.8, 4) is 0 Å². The number of halogens is 2. The summed E-state index contributed by atoms with van der Waals surface area (Å²) in [6.45, 7) is 5.90. The minimum absolute atomic E-state index is 0.142. The number of benzene rings is 1. The number of rotatable bonds is 4. The van der Waals surface area contributed by atoms with Gasteiger partial charge in [0.2, 0.25) is 0 Å². The summed E-state index contributed by atoms with van der Waals surface area (Å²) in [5.74, 6) is 1.17. The minimum Gasteiger partial charge on any atom is -0.358 e. The Morgan fingerprint density at radius 3 is 2.68 bits per heavy atom. The van der Waals surface area contributed by atoms with E-state index in [4.69, 9.17) is 12.2 Å². The molecule has 0 aliphatic carbocycles. The molecule has 1 aromatic heterocycles. The maximum Gasteiger partial charge on any atom is 0.258 e. The van der Waals surface area contributed by atoms with Gasteiger partial charge >= 0.3 is 0 Å². The first-order chi connectivity index (χ1) is 10.5. The largest absolute Gasteiger partial charge is 0.358 e. The third-order valence-corrected chi connectivity index (χ3v) is 5.73. The number of hydrogen-bond donors (Lipinski definition) is 1. The number of aromatic amines is 1. The van der Waals surface area contributed by atoms with Crippen molar-refractivity contribution in [2.45, 2.75) is 19.6 Å². The molecule has 118 valence electrons. The smallest absolute Gasteiger partial charge is 0.258 e. The lowest BCUT2D eigenvalue weighted by Gasteiger charge is -2.20. The fourth-order valence-electron chi connectivity index (χ4n) is 1.99. The summed E-state index contributed by atoms with van der Waals surface area (Å²) in [5, 5.41) is 0.557. The van der Waals surface area contributed by atoms with E-state index in [1.165, 1.54) is 11.8 Å². The second-order valence-corrected chi connectivity index (χ2v) is 7.90. The molecule has 2 rings (SSSR count). The molecule has 1 aromatic carbocycles. The molecule has 0 bridgehead atoms. The average Bonchev–Trinajstić information content (AvgIpc) is 2.47. The molecule has 0 aliphatic heterocycles. The third-order valence-electron chi connectivity index (χ3n) is 3.13. The summed E-state index contributed by atoms with van der Waals surface area (Å²) >= 11 is 13.7. The fourth-order valence-corrected chi connectivity index (χ4v) is 4.57. The van der Waals surface area contributed by atoms with Crippen LogP contribution in [0.1, 0.15) is 19.7 Å². The Hall–Kier alpha value is -0.440. The van der Waals surface area contributed by atoms with Crippen molar-refractivity contribution in [3.63, 3.8) is 0 Å². The molecule has 0 atom stereocenters. The number of hydrogen-bond acceptors (Lipinski definition) is 4. The van der Waals surface area contributed by atoms with Crippen LogP contribution in [-0.2, 0) is 5.75 Å². The predicted octanol–water partition coefficient (Wildman–Crippen LogP) is 4.31. The van der Waals surface area contributed by atoms with Gasteiger partial charge < -0.3 is 9.88 Å². The van der Waals surface area contributed by atoms with Crippen LogP contribution < -0.4 is 5.56 Å². The number of aromatic nitrogens is 2. The molecule has 0 spiro atoms. The molecular weight excluding hydrogens is 450 g/mol. The highest BCUT2D eigenvalue weighted by atomic mass is 79.9. The Morgan fingerprint density at radius 1 is 1.36 bits per heavy atom. The van der Waals surface area contributed by atoms with Gasteiger partial charge in [-0.05, 0) is 41.9 Å². The van der Waals surface area contributed by atoms with Gasteiger partial charge in [0.15, 0.2) is 0 Å². The summed E-state index contributed by atoms with van der Waals surface area (Å²) in [6, 6.07) is 3.65. The number of H-pyrrole nitrogens is 1. The molecule has 2 aromatic rings. The van der Waals surface area contributed by atoms with Crippen LogP contribution in [-0.4, -0.2) is 32.3 Å². The van der Waals surface area contributed by atoms with E-state index in [9.17, 15) is 4.79 Å². The highest BCUT2D eigenvalue weighted by Gasteiger charge is 2.11. The normalized spacial score (nSPS) is 10.9. The van der Waals surface area contributed by atoms with E-state index in [0.29, 0.717) is 22.5 Å². The minimum atomic E-state index is -0.142. The van der Waals surface area contributed by atoms with Crippen molar-refractivity contribution in [2.24, 2.45) is 0 Å². The van der Waals surface area contributed by atoms with Crippen LogP contribution in [0.3, 0.4) is 0 Å². The molecular formula is C14H15Br2N3OS2. The van der Waals surface area contributed by atoms with E-state index in [1.54, 1.807) is 6.07 Å². The molecule has 0 saturated heterocycles. The lowest BCUT2D eigenvalue weighted by atomic mass is 10.2. The van der Waals surface area contributed by atoms with Crippen molar-refractivity contribution >= 4 is 71.1 Å². The highest BCUT2D eigenvalue weighted by molar-refractivity contribution is 9.11. The van der Waals surface area contributed by atoms with Gasteiger partial charge in [0.25, 0.3) is 5.56 Å². The van der Waals surface area contributed by atoms with Crippen molar-refractivity contribution in [1.82, 2.24) is 14.9 Å². The van der Waals surface area contributed by atoms with E-state index in [0.717, 1.165) is 26.4 Å². The van der Waals surface area contributed by atoms with E-state index < -0.39 is 0 Å². The Bertz CT molecular complexity index is 760. The van der Waals surface area contributed by atoms with Crippen molar-refractivity contribution in [3.05, 3.63) is 37.3 Å². The second-order valence-electron chi connectivity index (χ2n) is 4.52. The zero-order chi connectivity index (χ0) is 16.3. The number of nitrogens with zero attached hydrogens (tertiary/aromatic N) is 2. The van der Waals surface area contributed by atoms with Gasteiger partial charge in [-0.25, -0.2) is 4.98 Å². The zero-order valence-electron chi connectivity index (χ0n) is 12.2. The Morgan fingerprint density at radius 2 is 2.05 bits per heavy atom. The van der Waals surface area contributed by atoms with Crippen LogP contribution in [0.2, 0.25) is 0 Å². The molecule has 4 nitrogen and oxygen atoms in total. The van der Waals surface area contributed by atoms with Crippen LogP contribution in [0, 0.1) is 0 Å². The lowest BCUT2D eigenvalue weighted by Crippen LogP contribution is -2.26. The molecule has 0 radical (unpaired) electrons. The lowest BCUT2D eigenvalue weighted by molar-refractivity contribution is 0.482. The van der Waals surface area contributed by atoms with Gasteiger partial charge in [0.05, 0.1) is 16.7 Å². The van der Waals surface area contributed by atoms with Crippen LogP contribution in [0.5, 0.6) is 0 Å². The predicted molar refractivity (Wildman–Crippen MR) is 105 cm³/mol. The fraction of sp³-hybridized carbons (Fsp3) is 0.357. The van der Waals surface area contributed by atoms with Gasteiger partial charge in [-0.2, -0.15) is 0 Å². The Labute approximate surface area is 155 Å². The molecule has 22 heavy (non-hydrogen) atoms. The maximum absolute atomic E-state index is 12.2. The Kier molecular flexibility index (Phi) is 6.43. The van der Waals surface area contributed by atoms with Gasteiger partial charge in [0.1, 0.15) is 10.1 Å². The van der Waals surface area contributed by atoms with Gasteiger partial charge in [-0.1, -0.05) is 39.9 Å².